The van der Waals surface area contributed by atoms with E-state index in [-0.39, 0.29) is 0 Å². The Balaban J connectivity index is 2.13. The zero-order valence-electron chi connectivity index (χ0n) is 7.19. The fourth-order valence-electron chi connectivity index (χ4n) is 1.50. The summed E-state index contributed by atoms with van der Waals surface area (Å²) >= 11 is 3.42. The Kier molecular flexibility index (Phi) is 2.39. The highest BCUT2D eigenvalue weighted by Crippen LogP contribution is 2.26. The fourth-order valence-corrected chi connectivity index (χ4v) is 1.93. The Labute approximate surface area is 85.5 Å². The van der Waals surface area contributed by atoms with Crippen LogP contribution in [0.2, 0.25) is 0 Å². The quantitative estimate of drug-likeness (QED) is 0.841. The summed E-state index contributed by atoms with van der Waals surface area (Å²) in [5, 5.41) is 2.95. The van der Waals surface area contributed by atoms with Crippen LogP contribution in [0.4, 0.5) is 4.39 Å². The number of rotatable bonds is 2. The normalized spacial score (nSPS) is 19.5. The zero-order chi connectivity index (χ0) is 9.31. The average Bonchev–Trinajstić information content (AvgIpc) is 2.06. The van der Waals surface area contributed by atoms with Crippen molar-refractivity contribution < 1.29 is 4.39 Å². The van der Waals surface area contributed by atoms with Crippen LogP contribution >= 0.6 is 15.9 Å². The number of hydrogen-bond acceptors (Lipinski definition) is 1. The molecule has 1 heterocycles. The molecular weight excluding hydrogens is 233 g/mol. The van der Waals surface area contributed by atoms with E-state index in [1.807, 2.05) is 24.3 Å². The van der Waals surface area contributed by atoms with Gasteiger partial charge in [-0.15, -0.1) is 0 Å². The van der Waals surface area contributed by atoms with Crippen molar-refractivity contribution in [2.24, 2.45) is 0 Å². The minimum atomic E-state index is -1.02. The highest BCUT2D eigenvalue weighted by atomic mass is 79.9. The van der Waals surface area contributed by atoms with E-state index < -0.39 is 5.67 Å². The summed E-state index contributed by atoms with van der Waals surface area (Å²) in [6.45, 7) is 0.961. The molecule has 70 valence electrons. The van der Waals surface area contributed by atoms with Crippen molar-refractivity contribution in [3.05, 3.63) is 34.3 Å². The summed E-state index contributed by atoms with van der Waals surface area (Å²) in [6.07, 6.45) is 0.501. The molecule has 13 heavy (non-hydrogen) atoms. The van der Waals surface area contributed by atoms with Gasteiger partial charge in [-0.25, -0.2) is 4.39 Å². The summed E-state index contributed by atoms with van der Waals surface area (Å²) in [5.74, 6) is 0. The molecule has 1 aromatic carbocycles. The second-order valence-electron chi connectivity index (χ2n) is 3.52. The van der Waals surface area contributed by atoms with Crippen LogP contribution in [0.1, 0.15) is 5.56 Å². The number of benzene rings is 1. The Morgan fingerprint density at radius 2 is 2.08 bits per heavy atom. The van der Waals surface area contributed by atoms with Crippen molar-refractivity contribution in [1.82, 2.24) is 5.32 Å². The van der Waals surface area contributed by atoms with Crippen molar-refractivity contribution in [1.29, 1.82) is 0 Å². The van der Waals surface area contributed by atoms with Gasteiger partial charge < -0.3 is 5.32 Å². The van der Waals surface area contributed by atoms with Gasteiger partial charge in [-0.2, -0.15) is 0 Å². The van der Waals surface area contributed by atoms with Crippen molar-refractivity contribution in [2.45, 2.75) is 12.1 Å². The summed E-state index contributed by atoms with van der Waals surface area (Å²) in [6, 6.07) is 7.79. The van der Waals surface area contributed by atoms with Crippen LogP contribution in [0.5, 0.6) is 0 Å². The van der Waals surface area contributed by atoms with Gasteiger partial charge in [0.05, 0.1) is 0 Å². The van der Waals surface area contributed by atoms with Crippen LogP contribution in [0.25, 0.3) is 0 Å². The van der Waals surface area contributed by atoms with E-state index in [0.717, 1.165) is 10.0 Å². The summed E-state index contributed by atoms with van der Waals surface area (Å²) < 4.78 is 14.7. The van der Waals surface area contributed by atoms with E-state index in [4.69, 9.17) is 0 Å². The molecule has 1 aliphatic heterocycles. The van der Waals surface area contributed by atoms with Gasteiger partial charge in [0.15, 0.2) is 0 Å². The number of hydrogen-bond donors (Lipinski definition) is 1. The second kappa shape index (κ2) is 3.39. The maximum atomic E-state index is 13.7. The Bertz CT molecular complexity index is 310. The Morgan fingerprint density at radius 3 is 2.62 bits per heavy atom. The van der Waals surface area contributed by atoms with Crippen molar-refractivity contribution in [2.75, 3.05) is 13.1 Å². The van der Waals surface area contributed by atoms with Crippen molar-refractivity contribution in [3.8, 4) is 0 Å². The maximum absolute atomic E-state index is 13.7. The van der Waals surface area contributed by atoms with Gasteiger partial charge in [-0.1, -0.05) is 34.1 Å². The molecule has 0 aromatic heterocycles. The number of halogens is 2. The van der Waals surface area contributed by atoms with Crippen LogP contribution in [0, 0.1) is 0 Å². The molecule has 0 atom stereocenters. The molecule has 1 nitrogen and oxygen atoms in total. The third-order valence-corrected chi connectivity index (χ3v) is 3.12. The molecule has 2 rings (SSSR count). The van der Waals surface area contributed by atoms with Crippen LogP contribution < -0.4 is 5.32 Å². The number of nitrogens with one attached hydrogen (secondary N) is 1. The molecule has 0 amide bonds. The van der Waals surface area contributed by atoms with Gasteiger partial charge in [-0.3, -0.25) is 0 Å². The van der Waals surface area contributed by atoms with E-state index >= 15 is 0 Å². The Morgan fingerprint density at radius 1 is 1.38 bits per heavy atom. The van der Waals surface area contributed by atoms with E-state index in [1.54, 1.807) is 0 Å². The fraction of sp³-hybridized carbons (Fsp3) is 0.400. The monoisotopic (exact) mass is 243 g/mol. The lowest BCUT2D eigenvalue weighted by Crippen LogP contribution is -2.57. The molecular formula is C10H11BrFN. The largest absolute Gasteiger partial charge is 0.310 e. The summed E-state index contributed by atoms with van der Waals surface area (Å²) in [4.78, 5) is 0. The smallest absolute Gasteiger partial charge is 0.139 e. The molecule has 0 aliphatic carbocycles. The number of alkyl halides is 1. The molecule has 0 unspecified atom stereocenters. The van der Waals surface area contributed by atoms with Crippen molar-refractivity contribution >= 4 is 15.9 Å². The van der Waals surface area contributed by atoms with E-state index in [9.17, 15) is 4.39 Å². The molecule has 0 radical (unpaired) electrons. The molecule has 1 fully saturated rings. The van der Waals surface area contributed by atoms with E-state index in [0.29, 0.717) is 19.5 Å². The molecule has 1 aliphatic rings. The standard InChI is InChI=1S/C10H11BrFN/c11-9-4-2-1-3-8(9)5-10(12)6-13-7-10/h1-4,13H,5-7H2. The average molecular weight is 244 g/mol. The molecule has 1 N–H and O–H groups in total. The molecule has 1 aromatic rings. The molecule has 1 saturated heterocycles. The third-order valence-electron chi connectivity index (χ3n) is 2.35. The first-order valence-electron chi connectivity index (χ1n) is 4.33. The zero-order valence-corrected chi connectivity index (χ0v) is 8.77. The lowest BCUT2D eigenvalue weighted by Gasteiger charge is -2.35. The first kappa shape index (κ1) is 9.16. The van der Waals surface area contributed by atoms with Crippen LogP contribution in [0.3, 0.4) is 0 Å². The van der Waals surface area contributed by atoms with Crippen molar-refractivity contribution in [3.63, 3.8) is 0 Å². The van der Waals surface area contributed by atoms with Gasteiger partial charge in [-0.05, 0) is 11.6 Å². The highest BCUT2D eigenvalue weighted by molar-refractivity contribution is 9.10. The van der Waals surface area contributed by atoms with E-state index in [2.05, 4.69) is 21.2 Å². The molecule has 0 spiro atoms. The predicted molar refractivity (Wildman–Crippen MR) is 54.6 cm³/mol. The van der Waals surface area contributed by atoms with Gasteiger partial charge in [0.1, 0.15) is 5.67 Å². The first-order valence-corrected chi connectivity index (χ1v) is 5.12. The van der Waals surface area contributed by atoms with Gasteiger partial charge in [0, 0.05) is 24.0 Å². The molecule has 0 bridgehead atoms. The highest BCUT2D eigenvalue weighted by Gasteiger charge is 2.37. The summed E-state index contributed by atoms with van der Waals surface area (Å²) in [7, 11) is 0. The SMILES string of the molecule is FC1(Cc2ccccc2Br)CNC1. The van der Waals surface area contributed by atoms with Crippen LogP contribution in [-0.2, 0) is 6.42 Å². The minimum Gasteiger partial charge on any atom is -0.310 e. The predicted octanol–water partition coefficient (Wildman–Crippen LogP) is 2.30. The maximum Gasteiger partial charge on any atom is 0.139 e. The summed E-state index contributed by atoms with van der Waals surface area (Å²) in [5.41, 5.74) is 0.0238. The molecule has 0 saturated carbocycles. The van der Waals surface area contributed by atoms with Gasteiger partial charge in [0.25, 0.3) is 0 Å². The topological polar surface area (TPSA) is 12.0 Å². The van der Waals surface area contributed by atoms with Crippen LogP contribution in [-0.4, -0.2) is 18.8 Å². The van der Waals surface area contributed by atoms with Crippen LogP contribution in [0.15, 0.2) is 28.7 Å². The second-order valence-corrected chi connectivity index (χ2v) is 4.38. The van der Waals surface area contributed by atoms with Gasteiger partial charge in [0.2, 0.25) is 0 Å². The minimum absolute atomic E-state index is 0.480. The molecule has 3 heteroatoms. The first-order chi connectivity index (χ1) is 6.20. The lowest BCUT2D eigenvalue weighted by molar-refractivity contribution is 0.0910. The van der Waals surface area contributed by atoms with E-state index in [1.165, 1.54) is 0 Å². The Hall–Kier alpha value is -0.410. The van der Waals surface area contributed by atoms with Gasteiger partial charge >= 0.3 is 0 Å². The lowest BCUT2D eigenvalue weighted by atomic mass is 9.91. The third kappa shape index (κ3) is 1.92.